The Morgan fingerprint density at radius 2 is 1.08 bits per heavy atom. The van der Waals surface area contributed by atoms with Gasteiger partial charge in [0.2, 0.25) is 4.33 Å². The van der Waals surface area contributed by atoms with Crippen LogP contribution in [0.25, 0.3) is 0 Å². The maximum absolute atomic E-state index is 12.3. The van der Waals surface area contributed by atoms with Crippen molar-refractivity contribution in [2.75, 3.05) is 14.1 Å². The van der Waals surface area contributed by atoms with Crippen LogP contribution in [0.1, 0.15) is 11.1 Å². The number of likely N-dealkylation sites (N-methyl/N-ethyl adjacent to an activating group) is 2. The summed E-state index contributed by atoms with van der Waals surface area (Å²) in [5.41, 5.74) is 2.33. The van der Waals surface area contributed by atoms with Crippen LogP contribution in [0.4, 0.5) is 0 Å². The average Bonchev–Trinajstić information content (AvgIpc) is 2.82. The summed E-state index contributed by atoms with van der Waals surface area (Å²) >= 11 is 3.20. The minimum atomic E-state index is -0.736. The van der Waals surface area contributed by atoms with Crippen LogP contribution >= 0.6 is 23.5 Å². The molecule has 1 fully saturated rings. The summed E-state index contributed by atoms with van der Waals surface area (Å²) < 4.78 is -0.736. The summed E-state index contributed by atoms with van der Waals surface area (Å²) in [6.07, 6.45) is 0. The lowest BCUT2D eigenvalue weighted by molar-refractivity contribution is -0.142. The fraction of sp³-hybridized carbons (Fsp3) is 0.263. The van der Waals surface area contributed by atoms with E-state index in [1.54, 1.807) is 47.4 Å². The molecule has 0 saturated carbocycles. The van der Waals surface area contributed by atoms with Gasteiger partial charge in [0.25, 0.3) is 0 Å². The SMILES string of the molecule is CN1C(=O)C(=O)N(C)C1(SCc1ccccc1)SCc1ccccc1. The van der Waals surface area contributed by atoms with Gasteiger partial charge in [0.15, 0.2) is 0 Å². The van der Waals surface area contributed by atoms with Gasteiger partial charge < -0.3 is 0 Å². The number of hydrogen-bond donors (Lipinski definition) is 0. The fourth-order valence-corrected chi connectivity index (χ4v) is 5.59. The Morgan fingerprint density at radius 3 is 1.44 bits per heavy atom. The maximum Gasteiger partial charge on any atom is 0.315 e. The lowest BCUT2D eigenvalue weighted by Crippen LogP contribution is -2.45. The van der Waals surface area contributed by atoms with Crippen LogP contribution in [0.5, 0.6) is 0 Å². The van der Waals surface area contributed by atoms with Crippen molar-refractivity contribution < 1.29 is 9.59 Å². The molecule has 1 aliphatic heterocycles. The molecule has 0 aromatic heterocycles. The zero-order chi connectivity index (χ0) is 17.9. The van der Waals surface area contributed by atoms with E-state index < -0.39 is 16.1 Å². The number of nitrogens with zero attached hydrogens (tertiary/aromatic N) is 2. The monoisotopic (exact) mass is 372 g/mol. The Hall–Kier alpha value is -1.92. The van der Waals surface area contributed by atoms with Gasteiger partial charge in [-0.1, -0.05) is 84.2 Å². The molecular weight excluding hydrogens is 352 g/mol. The molecule has 0 aliphatic carbocycles. The largest absolute Gasteiger partial charge is 0.315 e. The van der Waals surface area contributed by atoms with Gasteiger partial charge in [-0.15, -0.1) is 0 Å². The second kappa shape index (κ2) is 7.54. The molecule has 0 atom stereocenters. The lowest BCUT2D eigenvalue weighted by Gasteiger charge is -2.38. The van der Waals surface area contributed by atoms with Crippen LogP contribution in [0.3, 0.4) is 0 Å². The number of carbonyl (C=O) groups excluding carboxylic acids is 2. The first-order chi connectivity index (χ1) is 12.0. The van der Waals surface area contributed by atoms with E-state index in [-0.39, 0.29) is 0 Å². The molecule has 1 saturated heterocycles. The molecule has 25 heavy (non-hydrogen) atoms. The second-order valence-electron chi connectivity index (χ2n) is 5.83. The highest BCUT2D eigenvalue weighted by molar-refractivity contribution is 8.17. The van der Waals surface area contributed by atoms with E-state index in [4.69, 9.17) is 0 Å². The molecule has 2 aromatic rings. The van der Waals surface area contributed by atoms with Crippen LogP contribution < -0.4 is 0 Å². The Kier molecular flexibility index (Phi) is 5.39. The third kappa shape index (κ3) is 3.55. The maximum atomic E-state index is 12.3. The van der Waals surface area contributed by atoms with Crippen LogP contribution in [-0.2, 0) is 21.1 Å². The summed E-state index contributed by atoms with van der Waals surface area (Å²) in [5, 5.41) is 0. The van der Waals surface area contributed by atoms with Crippen LogP contribution in [0, 0.1) is 0 Å². The van der Waals surface area contributed by atoms with E-state index >= 15 is 0 Å². The van der Waals surface area contributed by atoms with E-state index in [0.29, 0.717) is 0 Å². The molecule has 1 aliphatic rings. The Labute approximate surface area is 156 Å². The highest BCUT2D eigenvalue weighted by Gasteiger charge is 2.54. The molecule has 0 bridgehead atoms. The predicted molar refractivity (Wildman–Crippen MR) is 104 cm³/mol. The molecule has 3 rings (SSSR count). The van der Waals surface area contributed by atoms with Crippen molar-refractivity contribution in [3.8, 4) is 0 Å². The minimum absolute atomic E-state index is 0.455. The molecule has 0 N–H and O–H groups in total. The van der Waals surface area contributed by atoms with Gasteiger partial charge in [0, 0.05) is 25.6 Å². The number of carbonyl (C=O) groups is 2. The molecule has 2 aromatic carbocycles. The molecule has 130 valence electrons. The molecule has 0 unspecified atom stereocenters. The van der Waals surface area contributed by atoms with Crippen molar-refractivity contribution in [2.45, 2.75) is 15.8 Å². The molecule has 0 spiro atoms. The van der Waals surface area contributed by atoms with Gasteiger partial charge in [0.1, 0.15) is 0 Å². The van der Waals surface area contributed by atoms with Crippen molar-refractivity contribution in [1.29, 1.82) is 0 Å². The number of thioether (sulfide) groups is 2. The van der Waals surface area contributed by atoms with E-state index in [2.05, 4.69) is 24.3 Å². The molecule has 0 radical (unpaired) electrons. The van der Waals surface area contributed by atoms with Crippen LogP contribution in [0.15, 0.2) is 60.7 Å². The van der Waals surface area contributed by atoms with Crippen LogP contribution in [0.2, 0.25) is 0 Å². The van der Waals surface area contributed by atoms with Gasteiger partial charge in [-0.3, -0.25) is 19.4 Å². The van der Waals surface area contributed by atoms with Gasteiger partial charge in [-0.2, -0.15) is 0 Å². The smallest absolute Gasteiger partial charge is 0.297 e. The average molecular weight is 373 g/mol. The first-order valence-corrected chi connectivity index (χ1v) is 9.93. The zero-order valence-electron chi connectivity index (χ0n) is 14.2. The topological polar surface area (TPSA) is 40.6 Å². The summed E-state index contributed by atoms with van der Waals surface area (Å²) in [6, 6.07) is 20.2. The number of rotatable bonds is 6. The fourth-order valence-electron chi connectivity index (χ4n) is 2.70. The number of amides is 2. The van der Waals surface area contributed by atoms with Crippen molar-refractivity contribution in [3.63, 3.8) is 0 Å². The normalized spacial score (nSPS) is 16.6. The first-order valence-electron chi connectivity index (χ1n) is 7.96. The molecule has 4 nitrogen and oxygen atoms in total. The summed E-state index contributed by atoms with van der Waals surface area (Å²) in [7, 11) is 3.42. The Morgan fingerprint density at radius 1 is 0.720 bits per heavy atom. The predicted octanol–water partition coefficient (Wildman–Crippen LogP) is 3.39. The zero-order valence-corrected chi connectivity index (χ0v) is 15.8. The lowest BCUT2D eigenvalue weighted by atomic mass is 10.2. The van der Waals surface area contributed by atoms with Gasteiger partial charge in [-0.25, -0.2) is 0 Å². The van der Waals surface area contributed by atoms with E-state index in [0.717, 1.165) is 11.5 Å². The quantitative estimate of drug-likeness (QED) is 0.576. The minimum Gasteiger partial charge on any atom is -0.297 e. The third-order valence-electron chi connectivity index (χ3n) is 4.18. The van der Waals surface area contributed by atoms with E-state index in [1.165, 1.54) is 11.1 Å². The van der Waals surface area contributed by atoms with Crippen molar-refractivity contribution in [2.24, 2.45) is 0 Å². The number of benzene rings is 2. The molecule has 1 heterocycles. The van der Waals surface area contributed by atoms with Crippen molar-refractivity contribution in [3.05, 3.63) is 71.8 Å². The molecule has 2 amide bonds. The summed E-state index contributed by atoms with van der Waals surface area (Å²) in [5.74, 6) is 0.530. The standard InChI is InChI=1S/C19H20N2O2S2/c1-20-17(22)18(23)21(2)19(20,24-13-15-9-5-3-6-10-15)25-14-16-11-7-4-8-12-16/h3-12H,13-14H2,1-2H3. The Balaban J connectivity index is 1.83. The summed E-state index contributed by atoms with van der Waals surface area (Å²) in [4.78, 5) is 27.7. The van der Waals surface area contributed by atoms with Crippen molar-refractivity contribution in [1.82, 2.24) is 9.80 Å². The van der Waals surface area contributed by atoms with Gasteiger partial charge >= 0.3 is 11.8 Å². The van der Waals surface area contributed by atoms with E-state index in [9.17, 15) is 9.59 Å². The number of hydrogen-bond acceptors (Lipinski definition) is 4. The van der Waals surface area contributed by atoms with Gasteiger partial charge in [-0.05, 0) is 11.1 Å². The third-order valence-corrected chi connectivity index (χ3v) is 7.69. The molecular formula is C19H20N2O2S2. The molecule has 6 heteroatoms. The van der Waals surface area contributed by atoms with Crippen LogP contribution in [-0.4, -0.2) is 40.0 Å². The van der Waals surface area contributed by atoms with Crippen molar-refractivity contribution >= 4 is 35.3 Å². The first kappa shape index (κ1) is 17.9. The summed E-state index contributed by atoms with van der Waals surface area (Å²) in [6.45, 7) is 0. The highest BCUT2D eigenvalue weighted by Crippen LogP contribution is 2.48. The second-order valence-corrected chi connectivity index (χ2v) is 8.38. The van der Waals surface area contributed by atoms with E-state index in [1.807, 2.05) is 36.4 Å². The Bertz CT molecular complexity index is 687. The highest BCUT2D eigenvalue weighted by atomic mass is 32.2. The van der Waals surface area contributed by atoms with Gasteiger partial charge in [0.05, 0.1) is 0 Å².